The van der Waals surface area contributed by atoms with Crippen LogP contribution in [0.2, 0.25) is 0 Å². The van der Waals surface area contributed by atoms with Gasteiger partial charge in [0.2, 0.25) is 5.91 Å². The van der Waals surface area contributed by atoms with Crippen LogP contribution in [0.25, 0.3) is 0 Å². The normalized spacial score (nSPS) is 15.2. The number of piperazine rings is 1. The molecule has 1 saturated heterocycles. The molecular formula is C25H34N4O4. The molecule has 8 nitrogen and oxygen atoms in total. The van der Waals surface area contributed by atoms with Crippen LogP contribution in [0.1, 0.15) is 11.1 Å². The van der Waals surface area contributed by atoms with E-state index in [1.165, 1.54) is 0 Å². The third kappa shape index (κ3) is 7.47. The van der Waals surface area contributed by atoms with Crippen LogP contribution >= 0.6 is 0 Å². The van der Waals surface area contributed by atoms with Crippen molar-refractivity contribution in [1.29, 1.82) is 0 Å². The first kappa shape index (κ1) is 24.5. The van der Waals surface area contributed by atoms with E-state index in [0.717, 1.165) is 24.2 Å². The fourth-order valence-electron chi connectivity index (χ4n) is 3.90. The Labute approximate surface area is 195 Å². The van der Waals surface area contributed by atoms with Crippen molar-refractivity contribution in [2.24, 2.45) is 0 Å². The third-order valence-corrected chi connectivity index (χ3v) is 5.96. The number of aliphatic hydroxyl groups is 1. The monoisotopic (exact) mass is 454 g/mol. The lowest BCUT2D eigenvalue weighted by molar-refractivity contribution is -0.134. The summed E-state index contributed by atoms with van der Waals surface area (Å²) < 4.78 is 0. The molecule has 3 N–H and O–H groups in total. The van der Waals surface area contributed by atoms with E-state index >= 15 is 0 Å². The van der Waals surface area contributed by atoms with Crippen molar-refractivity contribution in [2.45, 2.75) is 18.9 Å². The predicted molar refractivity (Wildman–Crippen MR) is 127 cm³/mol. The lowest BCUT2D eigenvalue weighted by Crippen LogP contribution is -2.57. The molecule has 0 bridgehead atoms. The second-order valence-electron chi connectivity index (χ2n) is 8.45. The third-order valence-electron chi connectivity index (χ3n) is 5.96. The molecule has 0 aliphatic carbocycles. The number of aliphatic hydroxyl groups excluding tert-OH is 1. The smallest absolute Gasteiger partial charge is 0.318 e. The fraction of sp³-hybridized carbons (Fsp3) is 0.440. The molecule has 0 radical (unpaired) electrons. The first-order valence-electron chi connectivity index (χ1n) is 11.4. The Balaban J connectivity index is 1.70. The molecule has 3 rings (SSSR count). The van der Waals surface area contributed by atoms with Gasteiger partial charge in [-0.15, -0.1) is 0 Å². The van der Waals surface area contributed by atoms with Crippen LogP contribution in [0, 0.1) is 0 Å². The van der Waals surface area contributed by atoms with E-state index < -0.39 is 6.04 Å². The number of benzene rings is 2. The molecular weight excluding hydrogens is 420 g/mol. The van der Waals surface area contributed by atoms with Crippen LogP contribution in [0.15, 0.2) is 54.6 Å². The van der Waals surface area contributed by atoms with Crippen LogP contribution in [0.4, 0.5) is 4.79 Å². The number of rotatable bonds is 9. The molecule has 1 atom stereocenters. The SMILES string of the molecule is CN1CCN(C(=O)C(Cc2ccc(O)cc2)NC(=O)N(CCO)CCc2ccccc2)CC1. The summed E-state index contributed by atoms with van der Waals surface area (Å²) in [5.74, 6) is 0.0382. The van der Waals surface area contributed by atoms with Crippen molar-refractivity contribution < 1.29 is 19.8 Å². The highest BCUT2D eigenvalue weighted by Crippen LogP contribution is 2.14. The van der Waals surface area contributed by atoms with Gasteiger partial charge in [0.1, 0.15) is 11.8 Å². The van der Waals surface area contributed by atoms with Crippen molar-refractivity contribution in [3.8, 4) is 5.75 Å². The number of carbonyl (C=O) groups excluding carboxylic acids is 2. The van der Waals surface area contributed by atoms with E-state index in [0.29, 0.717) is 32.5 Å². The number of likely N-dealkylation sites (N-methyl/N-ethyl adjacent to an activating group) is 1. The van der Waals surface area contributed by atoms with Crippen molar-refractivity contribution in [1.82, 2.24) is 20.0 Å². The van der Waals surface area contributed by atoms with Gasteiger partial charge in [-0.25, -0.2) is 4.79 Å². The zero-order chi connectivity index (χ0) is 23.6. The highest BCUT2D eigenvalue weighted by molar-refractivity contribution is 5.87. The number of phenolic OH excluding ortho intramolecular Hbond substituents is 1. The summed E-state index contributed by atoms with van der Waals surface area (Å²) in [5, 5.41) is 22.0. The minimum absolute atomic E-state index is 0.114. The standard InChI is InChI=1S/C25H34N4O4/c1-27-13-15-28(16-14-27)24(32)23(19-21-7-9-22(31)10-8-21)26-25(33)29(17-18-30)12-11-20-5-3-2-4-6-20/h2-10,23,30-31H,11-19H2,1H3,(H,26,33). The Morgan fingerprint density at radius 3 is 2.27 bits per heavy atom. The van der Waals surface area contributed by atoms with Crippen molar-refractivity contribution >= 4 is 11.9 Å². The fourth-order valence-corrected chi connectivity index (χ4v) is 3.90. The first-order chi connectivity index (χ1) is 16.0. The number of aromatic hydroxyl groups is 1. The molecule has 0 spiro atoms. The Kier molecular flexibility index (Phi) is 9.09. The Hall–Kier alpha value is -3.10. The highest BCUT2D eigenvalue weighted by atomic mass is 16.3. The quantitative estimate of drug-likeness (QED) is 0.531. The second kappa shape index (κ2) is 12.2. The van der Waals surface area contributed by atoms with Crippen LogP contribution < -0.4 is 5.32 Å². The van der Waals surface area contributed by atoms with Crippen molar-refractivity contribution in [2.75, 3.05) is 52.9 Å². The van der Waals surface area contributed by atoms with E-state index in [-0.39, 0.29) is 30.8 Å². The second-order valence-corrected chi connectivity index (χ2v) is 8.45. The van der Waals surface area contributed by atoms with E-state index in [2.05, 4.69) is 10.2 Å². The Bertz CT molecular complexity index is 883. The lowest BCUT2D eigenvalue weighted by Gasteiger charge is -2.35. The van der Waals surface area contributed by atoms with Gasteiger partial charge in [-0.05, 0) is 36.7 Å². The van der Waals surface area contributed by atoms with E-state index in [9.17, 15) is 19.8 Å². The number of nitrogens with one attached hydrogen (secondary N) is 1. The molecule has 8 heteroatoms. The molecule has 0 saturated carbocycles. The predicted octanol–water partition coefficient (Wildman–Crippen LogP) is 1.32. The zero-order valence-electron chi connectivity index (χ0n) is 19.2. The summed E-state index contributed by atoms with van der Waals surface area (Å²) >= 11 is 0. The summed E-state index contributed by atoms with van der Waals surface area (Å²) in [7, 11) is 2.02. The van der Waals surface area contributed by atoms with Gasteiger partial charge in [-0.3, -0.25) is 4.79 Å². The minimum Gasteiger partial charge on any atom is -0.508 e. The van der Waals surface area contributed by atoms with Gasteiger partial charge in [-0.1, -0.05) is 42.5 Å². The summed E-state index contributed by atoms with van der Waals surface area (Å²) in [6, 6.07) is 15.4. The number of carbonyl (C=O) groups is 2. The average molecular weight is 455 g/mol. The highest BCUT2D eigenvalue weighted by Gasteiger charge is 2.29. The number of nitrogens with zero attached hydrogens (tertiary/aromatic N) is 3. The molecule has 2 aromatic rings. The molecule has 178 valence electrons. The molecule has 1 fully saturated rings. The maximum Gasteiger partial charge on any atom is 0.318 e. The largest absolute Gasteiger partial charge is 0.508 e. The number of amides is 3. The summed E-state index contributed by atoms with van der Waals surface area (Å²) in [6.07, 6.45) is 0.978. The van der Waals surface area contributed by atoms with Gasteiger partial charge in [0.05, 0.1) is 6.61 Å². The molecule has 1 aliphatic heterocycles. The van der Waals surface area contributed by atoms with Gasteiger partial charge in [0.15, 0.2) is 0 Å². The molecule has 1 heterocycles. The minimum atomic E-state index is -0.733. The maximum absolute atomic E-state index is 13.3. The van der Waals surface area contributed by atoms with Crippen LogP contribution in [-0.2, 0) is 17.6 Å². The molecule has 3 amide bonds. The number of hydrogen-bond donors (Lipinski definition) is 3. The van der Waals surface area contributed by atoms with Crippen LogP contribution in [0.3, 0.4) is 0 Å². The van der Waals surface area contributed by atoms with Gasteiger partial charge >= 0.3 is 6.03 Å². The summed E-state index contributed by atoms with van der Waals surface area (Å²) in [6.45, 7) is 3.28. The first-order valence-corrected chi connectivity index (χ1v) is 11.4. The topological polar surface area (TPSA) is 96.3 Å². The molecule has 0 aromatic heterocycles. The average Bonchev–Trinajstić information content (AvgIpc) is 2.83. The Morgan fingerprint density at radius 2 is 1.64 bits per heavy atom. The van der Waals surface area contributed by atoms with Gasteiger partial charge < -0.3 is 30.2 Å². The molecule has 2 aromatic carbocycles. The maximum atomic E-state index is 13.3. The molecule has 1 unspecified atom stereocenters. The molecule has 1 aliphatic rings. The van der Waals surface area contributed by atoms with Gasteiger partial charge in [-0.2, -0.15) is 0 Å². The molecule has 33 heavy (non-hydrogen) atoms. The van der Waals surface area contributed by atoms with E-state index in [1.807, 2.05) is 37.4 Å². The summed E-state index contributed by atoms with van der Waals surface area (Å²) in [4.78, 5) is 32.0. The van der Waals surface area contributed by atoms with E-state index in [4.69, 9.17) is 0 Å². The van der Waals surface area contributed by atoms with E-state index in [1.54, 1.807) is 34.1 Å². The van der Waals surface area contributed by atoms with Gasteiger partial charge in [0, 0.05) is 45.7 Å². The number of hydrogen-bond acceptors (Lipinski definition) is 5. The zero-order valence-corrected chi connectivity index (χ0v) is 19.2. The van der Waals surface area contributed by atoms with Crippen molar-refractivity contribution in [3.63, 3.8) is 0 Å². The van der Waals surface area contributed by atoms with Crippen LogP contribution in [0.5, 0.6) is 5.75 Å². The lowest BCUT2D eigenvalue weighted by atomic mass is 10.0. The number of urea groups is 1. The number of phenols is 1. The van der Waals surface area contributed by atoms with Crippen LogP contribution in [-0.4, -0.2) is 95.8 Å². The van der Waals surface area contributed by atoms with Crippen molar-refractivity contribution in [3.05, 3.63) is 65.7 Å². The van der Waals surface area contributed by atoms with Gasteiger partial charge in [0.25, 0.3) is 0 Å². The summed E-state index contributed by atoms with van der Waals surface area (Å²) in [5.41, 5.74) is 1.95. The Morgan fingerprint density at radius 1 is 0.970 bits per heavy atom.